The fourth-order valence-corrected chi connectivity index (χ4v) is 1.44. The number of phenolic OH excluding ortho intramolecular Hbond substituents is 1. The summed E-state index contributed by atoms with van der Waals surface area (Å²) in [5.41, 5.74) is 7.13. The Balaban J connectivity index is 3.13. The summed E-state index contributed by atoms with van der Waals surface area (Å²) in [6.07, 6.45) is 0. The summed E-state index contributed by atoms with van der Waals surface area (Å²) >= 11 is 0. The Kier molecular flexibility index (Phi) is 3.49. The van der Waals surface area contributed by atoms with Crippen LogP contribution in [0.2, 0.25) is 0 Å². The molecule has 0 amide bonds. The number of aliphatic hydroxyl groups excluding tert-OH is 1. The second kappa shape index (κ2) is 4.44. The van der Waals surface area contributed by atoms with E-state index in [1.807, 2.05) is 26.0 Å². The molecule has 1 aromatic rings. The molecule has 0 unspecified atom stereocenters. The Bertz CT molecular complexity index is 310. The van der Waals surface area contributed by atoms with Crippen molar-refractivity contribution < 1.29 is 10.2 Å². The zero-order valence-electron chi connectivity index (χ0n) is 8.57. The molecule has 0 spiro atoms. The van der Waals surface area contributed by atoms with Gasteiger partial charge in [-0.15, -0.1) is 0 Å². The summed E-state index contributed by atoms with van der Waals surface area (Å²) in [5.74, 6) is 0.463. The highest BCUT2D eigenvalue weighted by molar-refractivity contribution is 5.43. The maximum Gasteiger partial charge on any atom is 0.123 e. The lowest BCUT2D eigenvalue weighted by Gasteiger charge is -2.15. The van der Waals surface area contributed by atoms with Crippen LogP contribution in [0.1, 0.15) is 36.9 Å². The Morgan fingerprint density at radius 1 is 1.29 bits per heavy atom. The van der Waals surface area contributed by atoms with Gasteiger partial charge < -0.3 is 15.9 Å². The zero-order valence-corrected chi connectivity index (χ0v) is 8.57. The fraction of sp³-hybridized carbons (Fsp3) is 0.455. The highest BCUT2D eigenvalue weighted by Gasteiger charge is 2.14. The Hall–Kier alpha value is -1.06. The van der Waals surface area contributed by atoms with Crippen molar-refractivity contribution in [3.8, 4) is 5.75 Å². The normalized spacial score (nSPS) is 13.2. The molecule has 1 atom stereocenters. The van der Waals surface area contributed by atoms with E-state index < -0.39 is 6.04 Å². The summed E-state index contributed by atoms with van der Waals surface area (Å²) in [7, 11) is 0. The topological polar surface area (TPSA) is 66.5 Å². The van der Waals surface area contributed by atoms with Crippen LogP contribution in [0.3, 0.4) is 0 Å². The van der Waals surface area contributed by atoms with E-state index in [2.05, 4.69) is 0 Å². The molecule has 0 bridgehead atoms. The second-order valence-corrected chi connectivity index (χ2v) is 3.73. The van der Waals surface area contributed by atoms with Crippen molar-refractivity contribution in [1.82, 2.24) is 0 Å². The molecule has 4 N–H and O–H groups in total. The number of aliphatic hydroxyl groups is 1. The third-order valence-electron chi connectivity index (χ3n) is 2.32. The van der Waals surface area contributed by atoms with Crippen molar-refractivity contribution in [2.24, 2.45) is 5.73 Å². The number of para-hydroxylation sites is 1. The molecule has 78 valence electrons. The van der Waals surface area contributed by atoms with Crippen molar-refractivity contribution in [2.45, 2.75) is 25.8 Å². The Morgan fingerprint density at radius 2 is 1.86 bits per heavy atom. The minimum atomic E-state index is -0.506. The lowest BCUT2D eigenvalue weighted by molar-refractivity contribution is 0.265. The van der Waals surface area contributed by atoms with Crippen LogP contribution in [0.4, 0.5) is 0 Å². The molecule has 3 heteroatoms. The number of rotatable bonds is 3. The average molecular weight is 195 g/mol. The van der Waals surface area contributed by atoms with Gasteiger partial charge in [-0.05, 0) is 11.5 Å². The molecule has 0 fully saturated rings. The third-order valence-corrected chi connectivity index (χ3v) is 2.32. The molecule has 0 aliphatic heterocycles. The van der Waals surface area contributed by atoms with Gasteiger partial charge in [0, 0.05) is 5.56 Å². The van der Waals surface area contributed by atoms with Gasteiger partial charge in [-0.25, -0.2) is 0 Å². The first-order valence-corrected chi connectivity index (χ1v) is 4.76. The van der Waals surface area contributed by atoms with Crippen molar-refractivity contribution >= 4 is 0 Å². The molecule has 0 saturated heterocycles. The summed E-state index contributed by atoms with van der Waals surface area (Å²) in [6, 6.07) is 4.95. The Morgan fingerprint density at radius 3 is 2.36 bits per heavy atom. The SMILES string of the molecule is CC(C)c1cccc([C@H](N)CO)c1O. The molecule has 0 radical (unpaired) electrons. The third kappa shape index (κ3) is 2.05. The van der Waals surface area contributed by atoms with Gasteiger partial charge in [0.05, 0.1) is 12.6 Å². The van der Waals surface area contributed by atoms with Gasteiger partial charge >= 0.3 is 0 Å². The van der Waals surface area contributed by atoms with E-state index in [1.54, 1.807) is 6.07 Å². The minimum absolute atomic E-state index is 0.158. The molecule has 14 heavy (non-hydrogen) atoms. The highest BCUT2D eigenvalue weighted by Crippen LogP contribution is 2.31. The van der Waals surface area contributed by atoms with E-state index in [4.69, 9.17) is 10.8 Å². The number of hydrogen-bond donors (Lipinski definition) is 3. The summed E-state index contributed by atoms with van der Waals surface area (Å²) in [4.78, 5) is 0. The Labute approximate surface area is 84.2 Å². The van der Waals surface area contributed by atoms with E-state index in [-0.39, 0.29) is 18.3 Å². The van der Waals surface area contributed by atoms with Gasteiger partial charge in [-0.1, -0.05) is 32.0 Å². The number of benzene rings is 1. The van der Waals surface area contributed by atoms with Crippen molar-refractivity contribution in [1.29, 1.82) is 0 Å². The van der Waals surface area contributed by atoms with Crippen LogP contribution in [-0.4, -0.2) is 16.8 Å². The lowest BCUT2D eigenvalue weighted by atomic mass is 9.96. The van der Waals surface area contributed by atoms with E-state index in [0.29, 0.717) is 5.56 Å². The molecule has 0 aromatic heterocycles. The van der Waals surface area contributed by atoms with E-state index >= 15 is 0 Å². The van der Waals surface area contributed by atoms with Crippen LogP contribution in [-0.2, 0) is 0 Å². The van der Waals surface area contributed by atoms with E-state index in [1.165, 1.54) is 0 Å². The average Bonchev–Trinajstić information content (AvgIpc) is 2.16. The predicted octanol–water partition coefficient (Wildman–Crippen LogP) is 1.51. The van der Waals surface area contributed by atoms with Crippen LogP contribution in [0.25, 0.3) is 0 Å². The van der Waals surface area contributed by atoms with Crippen molar-refractivity contribution in [3.05, 3.63) is 29.3 Å². The molecular formula is C11H17NO2. The number of hydrogen-bond acceptors (Lipinski definition) is 3. The summed E-state index contributed by atoms with van der Waals surface area (Å²) in [5, 5.41) is 18.8. The quantitative estimate of drug-likeness (QED) is 0.684. The molecule has 0 saturated carbocycles. The molecule has 0 aliphatic carbocycles. The standard InChI is InChI=1S/C11H17NO2/c1-7(2)8-4-3-5-9(11(8)14)10(12)6-13/h3-5,7,10,13-14H,6,12H2,1-2H3/t10-/m1/s1. The minimum Gasteiger partial charge on any atom is -0.507 e. The maximum atomic E-state index is 9.87. The van der Waals surface area contributed by atoms with Crippen LogP contribution in [0.5, 0.6) is 5.75 Å². The second-order valence-electron chi connectivity index (χ2n) is 3.73. The number of nitrogens with two attached hydrogens (primary N) is 1. The van der Waals surface area contributed by atoms with Gasteiger partial charge in [0.25, 0.3) is 0 Å². The van der Waals surface area contributed by atoms with Crippen molar-refractivity contribution in [2.75, 3.05) is 6.61 Å². The monoisotopic (exact) mass is 195 g/mol. The molecule has 0 heterocycles. The molecule has 1 aromatic carbocycles. The maximum absolute atomic E-state index is 9.87. The van der Waals surface area contributed by atoms with Gasteiger partial charge in [0.2, 0.25) is 0 Å². The summed E-state index contributed by atoms with van der Waals surface area (Å²) in [6.45, 7) is 3.85. The van der Waals surface area contributed by atoms with Gasteiger partial charge in [0.1, 0.15) is 5.75 Å². The smallest absolute Gasteiger partial charge is 0.123 e. The first-order valence-electron chi connectivity index (χ1n) is 4.76. The van der Waals surface area contributed by atoms with Gasteiger partial charge in [-0.2, -0.15) is 0 Å². The van der Waals surface area contributed by atoms with Crippen LogP contribution in [0, 0.1) is 0 Å². The molecular weight excluding hydrogens is 178 g/mol. The predicted molar refractivity (Wildman–Crippen MR) is 56.2 cm³/mol. The largest absolute Gasteiger partial charge is 0.507 e. The first-order chi connectivity index (χ1) is 6.57. The fourth-order valence-electron chi connectivity index (χ4n) is 1.44. The first kappa shape index (κ1) is 11.0. The summed E-state index contributed by atoms with van der Waals surface area (Å²) < 4.78 is 0. The number of phenols is 1. The van der Waals surface area contributed by atoms with E-state index in [9.17, 15) is 5.11 Å². The van der Waals surface area contributed by atoms with Gasteiger partial charge in [0.15, 0.2) is 0 Å². The highest BCUT2D eigenvalue weighted by atomic mass is 16.3. The molecule has 1 rings (SSSR count). The van der Waals surface area contributed by atoms with Gasteiger partial charge in [-0.3, -0.25) is 0 Å². The van der Waals surface area contributed by atoms with Crippen LogP contribution < -0.4 is 5.73 Å². The molecule has 3 nitrogen and oxygen atoms in total. The lowest BCUT2D eigenvalue weighted by Crippen LogP contribution is -2.15. The van der Waals surface area contributed by atoms with Crippen LogP contribution in [0.15, 0.2) is 18.2 Å². The molecule has 0 aliphatic rings. The zero-order chi connectivity index (χ0) is 10.7. The van der Waals surface area contributed by atoms with E-state index in [0.717, 1.165) is 5.56 Å². The van der Waals surface area contributed by atoms with Crippen LogP contribution >= 0.6 is 0 Å². The van der Waals surface area contributed by atoms with Crippen molar-refractivity contribution in [3.63, 3.8) is 0 Å². The number of aromatic hydroxyl groups is 1.